The van der Waals surface area contributed by atoms with Crippen molar-refractivity contribution in [3.63, 3.8) is 0 Å². The predicted octanol–water partition coefficient (Wildman–Crippen LogP) is 3.33. The minimum atomic E-state index is 0.157. The molecule has 2 fully saturated rings. The number of hydrogen-bond acceptors (Lipinski definition) is 4. The topological polar surface area (TPSA) is 42.0 Å². The summed E-state index contributed by atoms with van der Waals surface area (Å²) in [7, 11) is 0. The zero-order chi connectivity index (χ0) is 18.4. The Labute approximate surface area is 157 Å². The molecule has 2 heterocycles. The van der Waals surface area contributed by atoms with Crippen molar-refractivity contribution in [3.05, 3.63) is 24.3 Å². The van der Waals surface area contributed by atoms with Gasteiger partial charge in [0.2, 0.25) is 5.91 Å². The lowest BCUT2D eigenvalue weighted by atomic mass is 10.1. The summed E-state index contributed by atoms with van der Waals surface area (Å²) in [6, 6.07) is 8.66. The van der Waals surface area contributed by atoms with Gasteiger partial charge in [0.05, 0.1) is 6.61 Å². The molecule has 1 aromatic carbocycles. The Kier molecular flexibility index (Phi) is 6.78. The fraction of sp³-hybridized carbons (Fsp3) is 0.667. The van der Waals surface area contributed by atoms with Gasteiger partial charge < -0.3 is 19.3 Å². The first-order valence-electron chi connectivity index (χ1n) is 10.0. The normalized spacial score (nSPS) is 21.8. The number of benzene rings is 1. The summed E-state index contributed by atoms with van der Waals surface area (Å²) in [5.41, 5.74) is 0. The SMILES string of the molecule is CC(=O)N1CCC(Oc2ccc(OCCCN3CCC[C@H]3C)cc2)CC1. The van der Waals surface area contributed by atoms with Gasteiger partial charge in [-0.05, 0) is 57.0 Å². The third kappa shape index (κ3) is 5.37. The molecule has 0 aliphatic carbocycles. The second kappa shape index (κ2) is 9.26. The Bertz CT molecular complexity index is 567. The molecule has 5 heteroatoms. The summed E-state index contributed by atoms with van der Waals surface area (Å²) in [5.74, 6) is 1.94. The third-order valence-electron chi connectivity index (χ3n) is 5.56. The standard InChI is InChI=1S/C21H32N2O3/c1-17-5-3-12-22(17)13-4-16-25-19-6-8-20(9-7-19)26-21-10-14-23(15-11-21)18(2)24/h6-9,17,21H,3-5,10-16H2,1-2H3/t17-/m1/s1. The smallest absolute Gasteiger partial charge is 0.219 e. The van der Waals surface area contributed by atoms with E-state index in [2.05, 4.69) is 11.8 Å². The van der Waals surface area contributed by atoms with E-state index in [1.807, 2.05) is 29.2 Å². The van der Waals surface area contributed by atoms with E-state index in [4.69, 9.17) is 9.47 Å². The van der Waals surface area contributed by atoms with Gasteiger partial charge in [-0.15, -0.1) is 0 Å². The Hall–Kier alpha value is -1.75. The van der Waals surface area contributed by atoms with Crippen LogP contribution >= 0.6 is 0 Å². The second-order valence-electron chi connectivity index (χ2n) is 7.52. The molecule has 1 aromatic rings. The molecule has 1 amide bonds. The largest absolute Gasteiger partial charge is 0.494 e. The van der Waals surface area contributed by atoms with Crippen LogP contribution in [0, 0.1) is 0 Å². The van der Waals surface area contributed by atoms with Crippen molar-refractivity contribution >= 4 is 5.91 Å². The number of piperidine rings is 1. The van der Waals surface area contributed by atoms with E-state index < -0.39 is 0 Å². The van der Waals surface area contributed by atoms with Gasteiger partial charge in [-0.3, -0.25) is 4.79 Å². The number of ether oxygens (including phenoxy) is 2. The van der Waals surface area contributed by atoms with Crippen LogP contribution in [0.25, 0.3) is 0 Å². The van der Waals surface area contributed by atoms with E-state index in [9.17, 15) is 4.79 Å². The van der Waals surface area contributed by atoms with Crippen LogP contribution in [0.15, 0.2) is 24.3 Å². The van der Waals surface area contributed by atoms with Crippen molar-refractivity contribution in [1.82, 2.24) is 9.80 Å². The molecule has 0 radical (unpaired) electrons. The molecule has 2 aliphatic rings. The Balaban J connectivity index is 1.35. The van der Waals surface area contributed by atoms with Gasteiger partial charge in [-0.2, -0.15) is 0 Å². The monoisotopic (exact) mass is 360 g/mol. The first-order valence-corrected chi connectivity index (χ1v) is 10.0. The van der Waals surface area contributed by atoms with Crippen LogP contribution < -0.4 is 9.47 Å². The van der Waals surface area contributed by atoms with E-state index in [1.54, 1.807) is 6.92 Å². The maximum Gasteiger partial charge on any atom is 0.219 e. The van der Waals surface area contributed by atoms with Crippen molar-refractivity contribution in [1.29, 1.82) is 0 Å². The van der Waals surface area contributed by atoms with Crippen LogP contribution in [0.4, 0.5) is 0 Å². The molecule has 2 saturated heterocycles. The molecule has 2 aliphatic heterocycles. The summed E-state index contributed by atoms with van der Waals surface area (Å²) in [6.07, 6.45) is 5.71. The van der Waals surface area contributed by atoms with Crippen LogP contribution in [-0.4, -0.2) is 60.6 Å². The van der Waals surface area contributed by atoms with Crippen molar-refractivity contribution in [2.45, 2.75) is 58.1 Å². The molecule has 144 valence electrons. The predicted molar refractivity (Wildman–Crippen MR) is 103 cm³/mol. The summed E-state index contributed by atoms with van der Waals surface area (Å²) in [6.45, 7) is 8.64. The van der Waals surface area contributed by atoms with Crippen LogP contribution in [-0.2, 0) is 4.79 Å². The van der Waals surface area contributed by atoms with Gasteiger partial charge >= 0.3 is 0 Å². The summed E-state index contributed by atoms with van der Waals surface area (Å²) < 4.78 is 11.9. The molecule has 0 unspecified atom stereocenters. The number of nitrogens with zero attached hydrogens (tertiary/aromatic N) is 2. The van der Waals surface area contributed by atoms with E-state index in [1.165, 1.54) is 19.4 Å². The van der Waals surface area contributed by atoms with E-state index in [0.717, 1.165) is 63.0 Å². The molecule has 3 rings (SSSR count). The van der Waals surface area contributed by atoms with Crippen molar-refractivity contribution in [3.8, 4) is 11.5 Å². The summed E-state index contributed by atoms with van der Waals surface area (Å²) >= 11 is 0. The van der Waals surface area contributed by atoms with Crippen molar-refractivity contribution in [2.24, 2.45) is 0 Å². The average Bonchev–Trinajstić information content (AvgIpc) is 3.05. The molecule has 0 saturated carbocycles. The molecular formula is C21H32N2O3. The van der Waals surface area contributed by atoms with Crippen LogP contribution in [0.2, 0.25) is 0 Å². The number of carbonyl (C=O) groups excluding carboxylic acids is 1. The average molecular weight is 360 g/mol. The Morgan fingerprint density at radius 3 is 2.38 bits per heavy atom. The van der Waals surface area contributed by atoms with Gasteiger partial charge in [-0.25, -0.2) is 0 Å². The fourth-order valence-corrected chi connectivity index (χ4v) is 3.88. The van der Waals surface area contributed by atoms with Crippen LogP contribution in [0.3, 0.4) is 0 Å². The van der Waals surface area contributed by atoms with Gasteiger partial charge in [-0.1, -0.05) is 0 Å². The summed E-state index contributed by atoms with van der Waals surface area (Å²) in [5, 5.41) is 0. The maximum atomic E-state index is 11.4. The second-order valence-corrected chi connectivity index (χ2v) is 7.52. The van der Waals surface area contributed by atoms with E-state index >= 15 is 0 Å². The lowest BCUT2D eigenvalue weighted by Crippen LogP contribution is -2.40. The molecule has 0 N–H and O–H groups in total. The Morgan fingerprint density at radius 2 is 1.77 bits per heavy atom. The van der Waals surface area contributed by atoms with Gasteiger partial charge in [0.25, 0.3) is 0 Å². The Morgan fingerprint density at radius 1 is 1.08 bits per heavy atom. The molecule has 26 heavy (non-hydrogen) atoms. The molecule has 0 bridgehead atoms. The number of carbonyl (C=O) groups is 1. The third-order valence-corrected chi connectivity index (χ3v) is 5.56. The maximum absolute atomic E-state index is 11.4. The highest BCUT2D eigenvalue weighted by Crippen LogP contribution is 2.22. The van der Waals surface area contributed by atoms with Crippen molar-refractivity contribution in [2.75, 3.05) is 32.8 Å². The highest BCUT2D eigenvalue weighted by atomic mass is 16.5. The van der Waals surface area contributed by atoms with Gasteiger partial charge in [0.1, 0.15) is 17.6 Å². The quantitative estimate of drug-likeness (QED) is 0.700. The number of likely N-dealkylation sites (tertiary alicyclic amines) is 2. The van der Waals surface area contributed by atoms with Crippen LogP contribution in [0.5, 0.6) is 11.5 Å². The first-order chi connectivity index (χ1) is 12.6. The van der Waals surface area contributed by atoms with Gasteiger partial charge in [0, 0.05) is 45.4 Å². The minimum absolute atomic E-state index is 0.157. The molecular weight excluding hydrogens is 328 g/mol. The molecule has 1 atom stereocenters. The van der Waals surface area contributed by atoms with Crippen molar-refractivity contribution < 1.29 is 14.3 Å². The van der Waals surface area contributed by atoms with E-state index in [0.29, 0.717) is 0 Å². The molecule has 0 aromatic heterocycles. The highest BCUT2D eigenvalue weighted by molar-refractivity contribution is 5.73. The first kappa shape index (κ1) is 19.0. The van der Waals surface area contributed by atoms with E-state index in [-0.39, 0.29) is 12.0 Å². The zero-order valence-corrected chi connectivity index (χ0v) is 16.2. The lowest BCUT2D eigenvalue weighted by molar-refractivity contribution is -0.130. The van der Waals surface area contributed by atoms with Crippen LogP contribution in [0.1, 0.15) is 46.0 Å². The number of hydrogen-bond donors (Lipinski definition) is 0. The lowest BCUT2D eigenvalue weighted by Gasteiger charge is -2.31. The molecule has 0 spiro atoms. The number of amides is 1. The van der Waals surface area contributed by atoms with Gasteiger partial charge in [0.15, 0.2) is 0 Å². The minimum Gasteiger partial charge on any atom is -0.494 e. The zero-order valence-electron chi connectivity index (χ0n) is 16.2. The molecule has 5 nitrogen and oxygen atoms in total. The highest BCUT2D eigenvalue weighted by Gasteiger charge is 2.22. The fourth-order valence-electron chi connectivity index (χ4n) is 3.88. The number of rotatable bonds is 7. The summed E-state index contributed by atoms with van der Waals surface area (Å²) in [4.78, 5) is 15.8.